The average molecular weight is 298 g/mol. The van der Waals surface area contributed by atoms with Gasteiger partial charge in [-0.25, -0.2) is 9.78 Å². The van der Waals surface area contributed by atoms with E-state index in [0.29, 0.717) is 5.82 Å². The smallest absolute Gasteiger partial charge is 0.326 e. The van der Waals surface area contributed by atoms with E-state index in [1.165, 1.54) is 7.11 Å². The van der Waals surface area contributed by atoms with Gasteiger partial charge in [-0.1, -0.05) is 13.8 Å². The molecule has 0 aliphatic rings. The van der Waals surface area contributed by atoms with Crippen LogP contribution >= 0.6 is 0 Å². The van der Waals surface area contributed by atoms with E-state index in [9.17, 15) is 14.4 Å². The highest BCUT2D eigenvalue weighted by Crippen LogP contribution is 2.08. The van der Waals surface area contributed by atoms with E-state index in [2.05, 4.69) is 25.2 Å². The van der Waals surface area contributed by atoms with Crippen molar-refractivity contribution in [3.63, 3.8) is 0 Å². The van der Waals surface area contributed by atoms with Crippen LogP contribution in [0, 0.1) is 0 Å². The average Bonchev–Trinajstić information content (AvgIpc) is 2.92. The molecule has 0 saturated heterocycles. The van der Waals surface area contributed by atoms with Gasteiger partial charge in [-0.05, 0) is 6.42 Å². The van der Waals surface area contributed by atoms with E-state index in [0.717, 1.165) is 0 Å². The summed E-state index contributed by atoms with van der Waals surface area (Å²) in [6.07, 6.45) is -0.186. The molecule has 0 radical (unpaired) electrons. The van der Waals surface area contributed by atoms with Crippen LogP contribution in [0.4, 0.5) is 0 Å². The number of methoxy groups -OCH3 is 1. The Hall–Kier alpha value is -2.45. The first-order chi connectivity index (χ1) is 9.85. The molecular weight excluding hydrogens is 280 g/mol. The third kappa shape index (κ3) is 4.86. The van der Waals surface area contributed by atoms with Crippen molar-refractivity contribution in [2.75, 3.05) is 7.11 Å². The highest BCUT2D eigenvalue weighted by atomic mass is 16.5. The fraction of sp³-hybridized carbons (Fsp3) is 0.583. The summed E-state index contributed by atoms with van der Waals surface area (Å²) in [6.45, 7) is 3.75. The van der Waals surface area contributed by atoms with Crippen LogP contribution in [0.5, 0.6) is 0 Å². The number of carbonyl (C=O) groups excluding carboxylic acids is 2. The number of esters is 1. The molecule has 9 nitrogen and oxygen atoms in total. The van der Waals surface area contributed by atoms with Crippen molar-refractivity contribution < 1.29 is 24.2 Å². The van der Waals surface area contributed by atoms with Crippen molar-refractivity contribution in [3.05, 3.63) is 11.6 Å². The lowest BCUT2D eigenvalue weighted by Crippen LogP contribution is -2.41. The highest BCUT2D eigenvalue weighted by Gasteiger charge is 2.24. The molecule has 21 heavy (non-hydrogen) atoms. The van der Waals surface area contributed by atoms with Gasteiger partial charge < -0.3 is 15.2 Å². The summed E-state index contributed by atoms with van der Waals surface area (Å²) in [5.74, 6) is -2.05. The molecule has 1 amide bonds. The second-order valence-corrected chi connectivity index (χ2v) is 4.68. The van der Waals surface area contributed by atoms with E-state index >= 15 is 0 Å². The number of aromatic amines is 1. The van der Waals surface area contributed by atoms with Gasteiger partial charge in [0, 0.05) is 12.3 Å². The molecule has 0 unspecified atom stereocenters. The normalized spacial score (nSPS) is 12.0. The van der Waals surface area contributed by atoms with Gasteiger partial charge in [-0.2, -0.15) is 0 Å². The van der Waals surface area contributed by atoms with Crippen LogP contribution in [0.2, 0.25) is 0 Å². The number of nitrogens with zero attached hydrogens (tertiary/aromatic N) is 2. The van der Waals surface area contributed by atoms with E-state index < -0.39 is 23.9 Å². The fourth-order valence-corrected chi connectivity index (χ4v) is 1.48. The number of aliphatic carboxylic acids is 1. The van der Waals surface area contributed by atoms with Crippen molar-refractivity contribution in [2.24, 2.45) is 0 Å². The third-order valence-electron chi connectivity index (χ3n) is 2.72. The maximum absolute atomic E-state index is 11.9. The Balaban J connectivity index is 2.67. The molecule has 9 heteroatoms. The number of rotatable bonds is 7. The van der Waals surface area contributed by atoms with E-state index in [-0.39, 0.29) is 24.6 Å². The monoisotopic (exact) mass is 298 g/mol. The Bertz CT molecular complexity index is 525. The number of aromatic nitrogens is 3. The van der Waals surface area contributed by atoms with Crippen LogP contribution in [0.1, 0.15) is 49.1 Å². The largest absolute Gasteiger partial charge is 0.480 e. The molecule has 0 aromatic carbocycles. The molecule has 0 aliphatic heterocycles. The molecule has 0 spiro atoms. The Morgan fingerprint density at radius 2 is 2.05 bits per heavy atom. The highest BCUT2D eigenvalue weighted by molar-refractivity contribution is 5.93. The summed E-state index contributed by atoms with van der Waals surface area (Å²) in [6, 6.07) is -1.21. The van der Waals surface area contributed by atoms with Crippen molar-refractivity contribution in [1.82, 2.24) is 20.5 Å². The molecule has 1 aromatic rings. The molecule has 0 bridgehead atoms. The van der Waals surface area contributed by atoms with Gasteiger partial charge in [0.15, 0.2) is 0 Å². The molecule has 116 valence electrons. The molecule has 1 atom stereocenters. The van der Waals surface area contributed by atoms with Crippen LogP contribution in [0.3, 0.4) is 0 Å². The van der Waals surface area contributed by atoms with Gasteiger partial charge in [-0.3, -0.25) is 14.7 Å². The summed E-state index contributed by atoms with van der Waals surface area (Å²) in [4.78, 5) is 37.9. The predicted molar refractivity (Wildman–Crippen MR) is 70.6 cm³/mol. The van der Waals surface area contributed by atoms with Gasteiger partial charge in [0.25, 0.3) is 5.91 Å². The molecule has 1 heterocycles. The summed E-state index contributed by atoms with van der Waals surface area (Å²) in [7, 11) is 1.21. The Labute approximate surface area is 121 Å². The zero-order valence-electron chi connectivity index (χ0n) is 12.0. The molecule has 1 rings (SSSR count). The maximum Gasteiger partial charge on any atom is 0.326 e. The lowest BCUT2D eigenvalue weighted by molar-refractivity contribution is -0.142. The van der Waals surface area contributed by atoms with Crippen LogP contribution < -0.4 is 5.32 Å². The number of carbonyl (C=O) groups is 3. The van der Waals surface area contributed by atoms with Crippen LogP contribution in [0.25, 0.3) is 0 Å². The summed E-state index contributed by atoms with van der Waals surface area (Å²) in [5.41, 5.74) is 0. The second-order valence-electron chi connectivity index (χ2n) is 4.68. The predicted octanol–water partition coefficient (Wildman–Crippen LogP) is 0.0643. The quantitative estimate of drug-likeness (QED) is 0.606. The van der Waals surface area contributed by atoms with Gasteiger partial charge >= 0.3 is 11.9 Å². The molecule has 0 fully saturated rings. The van der Waals surface area contributed by atoms with Crippen molar-refractivity contribution >= 4 is 17.8 Å². The SMILES string of the molecule is COC(=O)CC[C@@H](NC(=O)c1n[nH]c(C(C)C)n1)C(=O)O. The number of amides is 1. The first-order valence-electron chi connectivity index (χ1n) is 6.38. The minimum Gasteiger partial charge on any atom is -0.480 e. The van der Waals surface area contributed by atoms with Gasteiger partial charge in [0.1, 0.15) is 11.9 Å². The molecular formula is C12H18N4O5. The number of ether oxygens (including phenoxy) is 1. The van der Waals surface area contributed by atoms with Crippen molar-refractivity contribution in [1.29, 1.82) is 0 Å². The molecule has 1 aromatic heterocycles. The lowest BCUT2D eigenvalue weighted by atomic mass is 10.1. The molecule has 0 saturated carbocycles. The topological polar surface area (TPSA) is 134 Å². The maximum atomic E-state index is 11.9. The van der Waals surface area contributed by atoms with E-state index in [4.69, 9.17) is 5.11 Å². The Kier molecular flexibility index (Phi) is 5.82. The van der Waals surface area contributed by atoms with Crippen molar-refractivity contribution in [2.45, 2.75) is 38.6 Å². The molecule has 0 aliphatic carbocycles. The zero-order valence-corrected chi connectivity index (χ0v) is 12.0. The zero-order chi connectivity index (χ0) is 16.0. The Morgan fingerprint density at radius 3 is 2.52 bits per heavy atom. The summed E-state index contributed by atoms with van der Waals surface area (Å²) in [5, 5.41) is 17.6. The van der Waals surface area contributed by atoms with E-state index in [1.54, 1.807) is 0 Å². The Morgan fingerprint density at radius 1 is 1.38 bits per heavy atom. The van der Waals surface area contributed by atoms with Crippen LogP contribution in [0.15, 0.2) is 0 Å². The second kappa shape index (κ2) is 7.36. The molecule has 3 N–H and O–H groups in total. The number of hydrogen-bond acceptors (Lipinski definition) is 6. The first kappa shape index (κ1) is 16.6. The van der Waals surface area contributed by atoms with Gasteiger partial charge in [0.2, 0.25) is 5.82 Å². The minimum atomic E-state index is -1.24. The number of carboxylic acid groups (broad SMARTS) is 1. The van der Waals surface area contributed by atoms with Gasteiger partial charge in [-0.15, -0.1) is 5.10 Å². The third-order valence-corrected chi connectivity index (χ3v) is 2.72. The standard InChI is InChI=1S/C12H18N4O5/c1-6(2)9-14-10(16-15-9)11(18)13-7(12(19)20)4-5-8(17)21-3/h6-7H,4-5H2,1-3H3,(H,13,18)(H,19,20)(H,14,15,16)/t7-/m1/s1. The minimum absolute atomic E-state index is 0.0636. The number of carboxylic acids is 1. The van der Waals surface area contributed by atoms with Crippen LogP contribution in [-0.2, 0) is 14.3 Å². The summed E-state index contributed by atoms with van der Waals surface area (Å²) >= 11 is 0. The van der Waals surface area contributed by atoms with Crippen molar-refractivity contribution in [3.8, 4) is 0 Å². The van der Waals surface area contributed by atoms with E-state index in [1.807, 2.05) is 13.8 Å². The number of hydrogen-bond donors (Lipinski definition) is 3. The lowest BCUT2D eigenvalue weighted by Gasteiger charge is -2.12. The summed E-state index contributed by atoms with van der Waals surface area (Å²) < 4.78 is 4.43. The fourth-order valence-electron chi connectivity index (χ4n) is 1.48. The first-order valence-corrected chi connectivity index (χ1v) is 6.38. The number of nitrogens with one attached hydrogen (secondary N) is 2. The van der Waals surface area contributed by atoms with Crippen LogP contribution in [-0.4, -0.2) is 51.3 Å². The van der Waals surface area contributed by atoms with Gasteiger partial charge in [0.05, 0.1) is 7.11 Å². The number of H-pyrrole nitrogens is 1.